The molecule has 0 saturated heterocycles. The van der Waals surface area contributed by atoms with Crippen molar-refractivity contribution in [2.75, 3.05) is 0 Å². The van der Waals surface area contributed by atoms with E-state index in [1.54, 1.807) is 24.3 Å². The molecule has 0 aromatic heterocycles. The molecule has 0 aliphatic heterocycles. The van der Waals surface area contributed by atoms with E-state index in [4.69, 9.17) is 28.3 Å². The first kappa shape index (κ1) is 14.6. The molecule has 5 heteroatoms. The number of halogens is 3. The highest BCUT2D eigenvalue weighted by atomic mass is 35.5. The van der Waals surface area contributed by atoms with Crippen molar-refractivity contribution < 1.29 is 14.3 Å². The second-order valence-electron chi connectivity index (χ2n) is 4.07. The van der Waals surface area contributed by atoms with E-state index in [1.165, 1.54) is 18.2 Å². The zero-order chi connectivity index (χ0) is 14.7. The minimum absolute atomic E-state index is 0.181. The number of aliphatic carboxylic acids is 1. The minimum Gasteiger partial charge on any atom is -0.478 e. The number of carboxylic acid groups (broad SMARTS) is 1. The lowest BCUT2D eigenvalue weighted by molar-refractivity contribution is -0.131. The Kier molecular flexibility index (Phi) is 4.42. The Bertz CT molecular complexity index is 676. The molecule has 20 heavy (non-hydrogen) atoms. The number of hydrogen-bond donors (Lipinski definition) is 1. The summed E-state index contributed by atoms with van der Waals surface area (Å²) in [6.07, 6.45) is 2.08. The van der Waals surface area contributed by atoms with Crippen molar-refractivity contribution in [3.05, 3.63) is 63.9 Å². The van der Waals surface area contributed by atoms with Crippen molar-refractivity contribution in [2.45, 2.75) is 0 Å². The molecule has 0 bridgehead atoms. The fraction of sp³-hybridized carbons (Fsp3) is 0. The Labute approximate surface area is 125 Å². The van der Waals surface area contributed by atoms with Crippen molar-refractivity contribution >= 4 is 35.2 Å². The van der Waals surface area contributed by atoms with Crippen LogP contribution in [0, 0.1) is 5.82 Å². The number of carbonyl (C=O) groups is 1. The summed E-state index contributed by atoms with van der Waals surface area (Å²) < 4.78 is 13.6. The highest BCUT2D eigenvalue weighted by Crippen LogP contribution is 2.28. The van der Waals surface area contributed by atoms with Crippen molar-refractivity contribution in [3.8, 4) is 11.1 Å². The van der Waals surface area contributed by atoms with Gasteiger partial charge in [0.15, 0.2) is 0 Å². The summed E-state index contributed by atoms with van der Waals surface area (Å²) in [5, 5.41) is 9.52. The second kappa shape index (κ2) is 6.07. The van der Waals surface area contributed by atoms with E-state index >= 15 is 0 Å². The predicted molar refractivity (Wildman–Crippen MR) is 78.5 cm³/mol. The van der Waals surface area contributed by atoms with Crippen LogP contribution in [-0.4, -0.2) is 11.1 Å². The molecule has 0 unspecified atom stereocenters. The molecule has 2 nitrogen and oxygen atoms in total. The van der Waals surface area contributed by atoms with Gasteiger partial charge in [-0.1, -0.05) is 29.3 Å². The van der Waals surface area contributed by atoms with Gasteiger partial charge in [0.05, 0.1) is 0 Å². The van der Waals surface area contributed by atoms with Crippen LogP contribution in [0.4, 0.5) is 4.39 Å². The molecule has 2 aromatic rings. The summed E-state index contributed by atoms with van der Waals surface area (Å²) in [6, 6.07) is 9.38. The average molecular weight is 311 g/mol. The lowest BCUT2D eigenvalue weighted by Gasteiger charge is -2.06. The predicted octanol–water partition coefficient (Wildman–Crippen LogP) is 4.90. The smallest absolute Gasteiger partial charge is 0.328 e. The van der Waals surface area contributed by atoms with Crippen LogP contribution < -0.4 is 0 Å². The van der Waals surface area contributed by atoms with Crippen molar-refractivity contribution in [1.29, 1.82) is 0 Å². The Morgan fingerprint density at radius 2 is 1.70 bits per heavy atom. The molecule has 0 aliphatic carbocycles. The molecule has 0 amide bonds. The van der Waals surface area contributed by atoms with Crippen LogP contribution >= 0.6 is 23.2 Å². The van der Waals surface area contributed by atoms with Gasteiger partial charge < -0.3 is 5.11 Å². The summed E-state index contributed by atoms with van der Waals surface area (Å²) in [5.41, 5.74) is 1.61. The Hall–Kier alpha value is -1.84. The molecule has 0 heterocycles. The summed E-state index contributed by atoms with van der Waals surface area (Å²) >= 11 is 11.8. The molecule has 0 fully saturated rings. The van der Waals surface area contributed by atoms with Gasteiger partial charge in [0, 0.05) is 21.7 Å². The molecule has 2 aromatic carbocycles. The van der Waals surface area contributed by atoms with Gasteiger partial charge in [-0.3, -0.25) is 0 Å². The zero-order valence-electron chi connectivity index (χ0n) is 10.1. The van der Waals surface area contributed by atoms with Crippen LogP contribution in [0.15, 0.2) is 42.5 Å². The maximum absolute atomic E-state index is 13.6. The third-order valence-corrected chi connectivity index (χ3v) is 3.03. The van der Waals surface area contributed by atoms with Gasteiger partial charge in [0.25, 0.3) is 0 Å². The summed E-state index contributed by atoms with van der Waals surface area (Å²) in [7, 11) is 0. The van der Waals surface area contributed by atoms with Gasteiger partial charge in [-0.2, -0.15) is 0 Å². The summed E-state index contributed by atoms with van der Waals surface area (Å²) in [5.74, 6) is -1.64. The van der Waals surface area contributed by atoms with Gasteiger partial charge in [-0.05, 0) is 47.5 Å². The first-order valence-corrected chi connectivity index (χ1v) is 6.38. The molecule has 0 saturated carbocycles. The van der Waals surface area contributed by atoms with E-state index in [0.29, 0.717) is 15.6 Å². The van der Waals surface area contributed by atoms with Gasteiger partial charge in [-0.15, -0.1) is 0 Å². The zero-order valence-corrected chi connectivity index (χ0v) is 11.6. The fourth-order valence-corrected chi connectivity index (χ4v) is 2.26. The fourth-order valence-electron chi connectivity index (χ4n) is 1.73. The van der Waals surface area contributed by atoms with E-state index in [9.17, 15) is 9.18 Å². The van der Waals surface area contributed by atoms with Gasteiger partial charge in [-0.25, -0.2) is 9.18 Å². The first-order valence-electron chi connectivity index (χ1n) is 5.63. The topological polar surface area (TPSA) is 37.3 Å². The average Bonchev–Trinajstić information content (AvgIpc) is 2.36. The molecular weight excluding hydrogens is 302 g/mol. The lowest BCUT2D eigenvalue weighted by atomic mass is 10.0. The van der Waals surface area contributed by atoms with Gasteiger partial charge in [0.1, 0.15) is 5.82 Å². The standard InChI is InChI=1S/C15H9Cl2FO2/c16-12-6-11(7-13(17)8-12)9-1-3-14(18)10(5-9)2-4-15(19)20/h1-8H,(H,19,20)/b4-2+. The third-order valence-electron chi connectivity index (χ3n) is 2.60. The maximum atomic E-state index is 13.6. The van der Waals surface area contributed by atoms with Gasteiger partial charge >= 0.3 is 5.97 Å². The number of benzene rings is 2. The number of rotatable bonds is 3. The van der Waals surface area contributed by atoms with Crippen LogP contribution in [0.25, 0.3) is 17.2 Å². The van der Waals surface area contributed by atoms with Crippen LogP contribution in [0.3, 0.4) is 0 Å². The van der Waals surface area contributed by atoms with Crippen molar-refractivity contribution in [1.82, 2.24) is 0 Å². The van der Waals surface area contributed by atoms with Crippen molar-refractivity contribution in [2.24, 2.45) is 0 Å². The SMILES string of the molecule is O=C(O)/C=C/c1cc(-c2cc(Cl)cc(Cl)c2)ccc1F. The molecule has 0 atom stereocenters. The quantitative estimate of drug-likeness (QED) is 0.819. The molecule has 1 N–H and O–H groups in total. The monoisotopic (exact) mass is 310 g/mol. The molecule has 0 aliphatic rings. The van der Waals surface area contributed by atoms with Gasteiger partial charge in [0.2, 0.25) is 0 Å². The van der Waals surface area contributed by atoms with E-state index < -0.39 is 11.8 Å². The summed E-state index contributed by atoms with van der Waals surface area (Å²) in [6.45, 7) is 0. The molecular formula is C15H9Cl2FO2. The number of hydrogen-bond acceptors (Lipinski definition) is 1. The first-order chi connectivity index (χ1) is 9.45. The normalized spacial score (nSPS) is 10.9. The molecule has 2 rings (SSSR count). The maximum Gasteiger partial charge on any atom is 0.328 e. The Morgan fingerprint density at radius 3 is 2.30 bits per heavy atom. The third kappa shape index (κ3) is 3.59. The van der Waals surface area contributed by atoms with E-state index in [1.807, 2.05) is 0 Å². The highest BCUT2D eigenvalue weighted by Gasteiger charge is 2.05. The van der Waals surface area contributed by atoms with E-state index in [0.717, 1.165) is 11.6 Å². The molecule has 0 spiro atoms. The van der Waals surface area contributed by atoms with Crippen LogP contribution in [-0.2, 0) is 4.79 Å². The summed E-state index contributed by atoms with van der Waals surface area (Å²) in [4.78, 5) is 10.5. The highest BCUT2D eigenvalue weighted by molar-refractivity contribution is 6.35. The number of carboxylic acids is 1. The molecule has 102 valence electrons. The molecule has 0 radical (unpaired) electrons. The Morgan fingerprint density at radius 1 is 1.05 bits per heavy atom. The lowest BCUT2D eigenvalue weighted by Crippen LogP contribution is -1.89. The minimum atomic E-state index is -1.14. The Balaban J connectivity index is 2.48. The second-order valence-corrected chi connectivity index (χ2v) is 4.94. The van der Waals surface area contributed by atoms with Crippen LogP contribution in [0.5, 0.6) is 0 Å². The van der Waals surface area contributed by atoms with E-state index in [-0.39, 0.29) is 5.56 Å². The largest absolute Gasteiger partial charge is 0.478 e. The van der Waals surface area contributed by atoms with Crippen LogP contribution in [0.1, 0.15) is 5.56 Å². The van der Waals surface area contributed by atoms with Crippen molar-refractivity contribution in [3.63, 3.8) is 0 Å². The van der Waals surface area contributed by atoms with Crippen LogP contribution in [0.2, 0.25) is 10.0 Å². The van der Waals surface area contributed by atoms with E-state index in [2.05, 4.69) is 0 Å².